The molecule has 0 aliphatic heterocycles. The van der Waals surface area contributed by atoms with Gasteiger partial charge < -0.3 is 15.8 Å². The summed E-state index contributed by atoms with van der Waals surface area (Å²) in [7, 11) is 1.25. The summed E-state index contributed by atoms with van der Waals surface area (Å²) in [6, 6.07) is 0. The van der Waals surface area contributed by atoms with Crippen molar-refractivity contribution >= 4 is 11.6 Å². The van der Waals surface area contributed by atoms with Gasteiger partial charge in [-0.05, 0) is 0 Å². The van der Waals surface area contributed by atoms with Gasteiger partial charge >= 0.3 is 0 Å². The van der Waals surface area contributed by atoms with Crippen molar-refractivity contribution in [2.75, 3.05) is 19.0 Å². The monoisotopic (exact) mass is 298 g/mol. The number of hydrogen-bond acceptors (Lipinski definition) is 3. The molecule has 0 saturated heterocycles. The lowest BCUT2D eigenvalue weighted by Crippen LogP contribution is -2.28. The number of methoxy groups -OCH3 is 1. The third-order valence-corrected chi connectivity index (χ3v) is 2.48. The molecule has 1 atom stereocenters. The smallest absolute Gasteiger partial charge is 0.227 e. The Balaban J connectivity index is 3.01. The van der Waals surface area contributed by atoms with Gasteiger partial charge in [0.05, 0.1) is 12.5 Å². The molecule has 1 aromatic rings. The topological polar surface area (TPSA) is 64.3 Å². The Bertz CT molecular complexity index is 491. The molecule has 0 aliphatic rings. The molecule has 0 aliphatic carbocycles. The van der Waals surface area contributed by atoms with E-state index in [1.807, 2.05) is 0 Å². The van der Waals surface area contributed by atoms with E-state index in [2.05, 4.69) is 0 Å². The molecule has 0 spiro atoms. The summed E-state index contributed by atoms with van der Waals surface area (Å²) in [6.45, 7) is -0.0545. The summed E-state index contributed by atoms with van der Waals surface area (Å²) < 4.78 is 69.9. The minimum Gasteiger partial charge on any atom is -0.380 e. The number of ether oxygens (including phenoxy) is 1. The van der Waals surface area contributed by atoms with Crippen LogP contribution in [0.4, 0.5) is 27.6 Å². The number of nitrogens with two attached hydrogens (primary N) is 1. The van der Waals surface area contributed by atoms with Crippen molar-refractivity contribution in [2.24, 2.45) is 5.73 Å². The van der Waals surface area contributed by atoms with Gasteiger partial charge in [-0.1, -0.05) is 0 Å². The molecule has 9 heteroatoms. The first-order chi connectivity index (χ1) is 9.33. The van der Waals surface area contributed by atoms with E-state index < -0.39 is 53.2 Å². The van der Waals surface area contributed by atoms with Crippen LogP contribution < -0.4 is 11.1 Å². The predicted octanol–water partition coefficient (Wildman–Crippen LogP) is 1.68. The van der Waals surface area contributed by atoms with Crippen molar-refractivity contribution in [3.63, 3.8) is 0 Å². The van der Waals surface area contributed by atoms with Gasteiger partial charge in [0.1, 0.15) is 5.69 Å². The molecule has 1 unspecified atom stereocenters. The van der Waals surface area contributed by atoms with Crippen LogP contribution in [0.3, 0.4) is 0 Å². The molecule has 1 amide bonds. The first-order valence-corrected chi connectivity index (χ1v) is 5.37. The van der Waals surface area contributed by atoms with E-state index in [1.54, 1.807) is 5.32 Å². The van der Waals surface area contributed by atoms with Gasteiger partial charge in [-0.15, -0.1) is 0 Å². The second-order valence-corrected chi connectivity index (χ2v) is 3.79. The van der Waals surface area contributed by atoms with E-state index in [1.165, 1.54) is 7.11 Å². The van der Waals surface area contributed by atoms with Gasteiger partial charge in [0.2, 0.25) is 11.7 Å². The van der Waals surface area contributed by atoms with Gasteiger partial charge in [0.25, 0.3) is 0 Å². The number of rotatable bonds is 5. The van der Waals surface area contributed by atoms with Crippen LogP contribution in [0.15, 0.2) is 0 Å². The summed E-state index contributed by atoms with van der Waals surface area (Å²) in [5, 5.41) is 1.62. The van der Waals surface area contributed by atoms with Crippen LogP contribution in [0.2, 0.25) is 0 Å². The van der Waals surface area contributed by atoms with Crippen LogP contribution in [0.1, 0.15) is 6.42 Å². The lowest BCUT2D eigenvalue weighted by molar-refractivity contribution is -0.118. The zero-order chi connectivity index (χ0) is 15.4. The van der Waals surface area contributed by atoms with E-state index >= 15 is 0 Å². The van der Waals surface area contributed by atoms with Crippen LogP contribution in [-0.2, 0) is 9.53 Å². The van der Waals surface area contributed by atoms with Crippen molar-refractivity contribution in [2.45, 2.75) is 12.5 Å². The molecule has 20 heavy (non-hydrogen) atoms. The highest BCUT2D eigenvalue weighted by Crippen LogP contribution is 2.27. The average Bonchev–Trinajstić information content (AvgIpc) is 2.45. The highest BCUT2D eigenvalue weighted by atomic mass is 19.2. The molecular weight excluding hydrogens is 287 g/mol. The first-order valence-electron chi connectivity index (χ1n) is 5.37. The maximum absolute atomic E-state index is 13.3. The summed E-state index contributed by atoms with van der Waals surface area (Å²) in [4.78, 5) is 11.4. The largest absolute Gasteiger partial charge is 0.380 e. The third kappa shape index (κ3) is 3.23. The quantitative estimate of drug-likeness (QED) is 0.494. The number of anilines is 1. The van der Waals surface area contributed by atoms with Gasteiger partial charge in [-0.3, -0.25) is 4.79 Å². The van der Waals surface area contributed by atoms with Crippen LogP contribution >= 0.6 is 0 Å². The molecule has 0 aromatic heterocycles. The van der Waals surface area contributed by atoms with Crippen molar-refractivity contribution in [1.82, 2.24) is 0 Å². The molecule has 0 saturated carbocycles. The van der Waals surface area contributed by atoms with E-state index in [-0.39, 0.29) is 6.54 Å². The fraction of sp³-hybridized carbons (Fsp3) is 0.364. The minimum atomic E-state index is -2.30. The van der Waals surface area contributed by atoms with Crippen LogP contribution in [0, 0.1) is 29.1 Å². The second kappa shape index (κ2) is 6.62. The zero-order valence-electron chi connectivity index (χ0n) is 10.3. The van der Waals surface area contributed by atoms with E-state index in [4.69, 9.17) is 10.5 Å². The number of hydrogen-bond donors (Lipinski definition) is 2. The van der Waals surface area contributed by atoms with E-state index in [9.17, 15) is 26.7 Å². The molecule has 0 heterocycles. The molecular formula is C11H11F5N2O2. The van der Waals surface area contributed by atoms with Crippen molar-refractivity contribution < 1.29 is 31.5 Å². The normalized spacial score (nSPS) is 12.3. The molecule has 4 nitrogen and oxygen atoms in total. The highest BCUT2D eigenvalue weighted by Gasteiger charge is 2.27. The van der Waals surface area contributed by atoms with Gasteiger partial charge in [0, 0.05) is 13.7 Å². The second-order valence-electron chi connectivity index (χ2n) is 3.79. The number of benzene rings is 1. The number of carbonyl (C=O) groups is 1. The molecule has 3 N–H and O–H groups in total. The molecule has 1 rings (SSSR count). The first kappa shape index (κ1) is 16.3. The summed E-state index contributed by atoms with van der Waals surface area (Å²) in [5.74, 6) is -11.8. The van der Waals surface area contributed by atoms with E-state index in [0.717, 1.165) is 0 Å². The van der Waals surface area contributed by atoms with Gasteiger partial charge in [-0.25, -0.2) is 22.0 Å². The van der Waals surface area contributed by atoms with Gasteiger partial charge in [0.15, 0.2) is 23.3 Å². The molecule has 1 aromatic carbocycles. The fourth-order valence-corrected chi connectivity index (χ4v) is 1.37. The zero-order valence-corrected chi connectivity index (χ0v) is 10.3. The Morgan fingerprint density at radius 2 is 1.55 bits per heavy atom. The Morgan fingerprint density at radius 3 is 1.95 bits per heavy atom. The Hall–Kier alpha value is -1.74. The number of halogens is 5. The van der Waals surface area contributed by atoms with Crippen molar-refractivity contribution in [1.29, 1.82) is 0 Å². The average molecular weight is 298 g/mol. The Kier molecular flexibility index (Phi) is 5.40. The molecule has 112 valence electrons. The molecule has 0 bridgehead atoms. The van der Waals surface area contributed by atoms with Crippen LogP contribution in [0.5, 0.6) is 0 Å². The standard InChI is InChI=1S/C11H11F5N2O2/c1-20-4(3-17)2-5(19)18-11-9(15)7(13)6(12)8(14)10(11)16/h4H,2-3,17H2,1H3,(H,18,19). The lowest BCUT2D eigenvalue weighted by atomic mass is 10.2. The Labute approximate surface area is 110 Å². The number of nitrogens with one attached hydrogen (secondary N) is 1. The molecule has 0 fully saturated rings. The third-order valence-electron chi connectivity index (χ3n) is 2.48. The van der Waals surface area contributed by atoms with Crippen LogP contribution in [0.25, 0.3) is 0 Å². The minimum absolute atomic E-state index is 0.0545. The summed E-state index contributed by atoms with van der Waals surface area (Å²) in [6.07, 6.45) is -1.14. The van der Waals surface area contributed by atoms with Gasteiger partial charge in [-0.2, -0.15) is 0 Å². The maximum atomic E-state index is 13.3. The van der Waals surface area contributed by atoms with E-state index in [0.29, 0.717) is 0 Å². The van der Waals surface area contributed by atoms with Crippen molar-refractivity contribution in [3.8, 4) is 0 Å². The number of carbonyl (C=O) groups excluding carboxylic acids is 1. The SMILES string of the molecule is COC(CN)CC(=O)Nc1c(F)c(F)c(F)c(F)c1F. The Morgan fingerprint density at radius 1 is 1.10 bits per heavy atom. The maximum Gasteiger partial charge on any atom is 0.227 e. The van der Waals surface area contributed by atoms with Crippen molar-refractivity contribution in [3.05, 3.63) is 29.1 Å². The lowest BCUT2D eigenvalue weighted by Gasteiger charge is -2.14. The fourth-order valence-electron chi connectivity index (χ4n) is 1.37. The molecule has 0 radical (unpaired) electrons. The summed E-state index contributed by atoms with van der Waals surface area (Å²) >= 11 is 0. The summed E-state index contributed by atoms with van der Waals surface area (Å²) in [5.41, 5.74) is 3.83. The predicted molar refractivity (Wildman–Crippen MR) is 59.3 cm³/mol. The van der Waals surface area contributed by atoms with Crippen LogP contribution in [-0.4, -0.2) is 25.7 Å². The number of amides is 1. The highest BCUT2D eigenvalue weighted by molar-refractivity contribution is 5.91.